The fourth-order valence-corrected chi connectivity index (χ4v) is 2.29. The van der Waals surface area contributed by atoms with Crippen molar-refractivity contribution in [2.75, 3.05) is 0 Å². The number of nitrogens with zero attached hydrogens (tertiary/aromatic N) is 2. The molecule has 4 heteroatoms. The molecule has 2 rings (SSSR count). The van der Waals surface area contributed by atoms with Gasteiger partial charge in [-0.05, 0) is 37.0 Å². The third-order valence-corrected chi connectivity index (χ3v) is 3.30. The summed E-state index contributed by atoms with van der Waals surface area (Å²) in [7, 11) is 0. The summed E-state index contributed by atoms with van der Waals surface area (Å²) in [5.74, 6) is 0. The Labute approximate surface area is 99.4 Å². The minimum atomic E-state index is 0.216. The first-order valence-corrected chi connectivity index (χ1v) is 6.24. The van der Waals surface area contributed by atoms with Crippen LogP contribution >= 0.6 is 11.3 Å². The van der Waals surface area contributed by atoms with Crippen molar-refractivity contribution in [3.63, 3.8) is 0 Å². The molecule has 0 fully saturated rings. The summed E-state index contributed by atoms with van der Waals surface area (Å²) in [5.41, 5.74) is 9.23. The number of pyridine rings is 1. The number of hydrogen-bond donors (Lipinski definition) is 1. The molecule has 0 amide bonds. The van der Waals surface area contributed by atoms with Crippen LogP contribution in [-0.4, -0.2) is 16.0 Å². The highest BCUT2D eigenvalue weighted by Crippen LogP contribution is 2.11. The second-order valence-corrected chi connectivity index (χ2v) is 4.80. The van der Waals surface area contributed by atoms with Crippen LogP contribution in [0.2, 0.25) is 0 Å². The first-order chi connectivity index (χ1) is 7.84. The molecule has 1 atom stereocenters. The van der Waals surface area contributed by atoms with Gasteiger partial charge in [0.25, 0.3) is 0 Å². The minimum absolute atomic E-state index is 0.216. The number of thiazole rings is 1. The lowest BCUT2D eigenvalue weighted by Crippen LogP contribution is -2.23. The van der Waals surface area contributed by atoms with Gasteiger partial charge in [0, 0.05) is 29.5 Å². The second kappa shape index (κ2) is 5.72. The number of aryl methyl sites for hydroxylation is 1. The maximum absolute atomic E-state index is 6.08. The van der Waals surface area contributed by atoms with Crippen molar-refractivity contribution in [1.29, 1.82) is 0 Å². The average Bonchev–Trinajstić information content (AvgIpc) is 2.81. The van der Waals surface area contributed by atoms with Gasteiger partial charge in [-0.15, -0.1) is 11.3 Å². The van der Waals surface area contributed by atoms with Crippen LogP contribution < -0.4 is 5.73 Å². The third kappa shape index (κ3) is 3.40. The molecule has 2 aromatic rings. The van der Waals surface area contributed by atoms with E-state index in [1.165, 1.54) is 10.4 Å². The summed E-state index contributed by atoms with van der Waals surface area (Å²) < 4.78 is 0. The summed E-state index contributed by atoms with van der Waals surface area (Å²) in [5, 5.41) is 0. The zero-order valence-corrected chi connectivity index (χ0v) is 9.86. The van der Waals surface area contributed by atoms with E-state index < -0.39 is 0 Å². The summed E-state index contributed by atoms with van der Waals surface area (Å²) in [4.78, 5) is 9.31. The maximum atomic E-state index is 6.08. The Morgan fingerprint density at radius 2 is 2.06 bits per heavy atom. The standard InChI is InChI=1S/C12H15N3S/c13-11(7-12-8-15-9-16-12)2-1-10-3-5-14-6-4-10/h3-6,8-9,11H,1-2,7,13H2. The summed E-state index contributed by atoms with van der Waals surface area (Å²) in [6.45, 7) is 0. The number of aromatic nitrogens is 2. The Bertz CT molecular complexity index is 399. The van der Waals surface area contributed by atoms with E-state index in [0.29, 0.717) is 0 Å². The molecule has 0 radical (unpaired) electrons. The Morgan fingerprint density at radius 1 is 1.25 bits per heavy atom. The second-order valence-electron chi connectivity index (χ2n) is 3.83. The van der Waals surface area contributed by atoms with Crippen LogP contribution in [0.5, 0.6) is 0 Å². The molecule has 1 unspecified atom stereocenters. The smallest absolute Gasteiger partial charge is 0.0794 e. The van der Waals surface area contributed by atoms with Crippen molar-refractivity contribution < 1.29 is 0 Å². The van der Waals surface area contributed by atoms with Crippen LogP contribution in [0, 0.1) is 0 Å². The predicted octanol–water partition coefficient (Wildman–Crippen LogP) is 2.04. The van der Waals surface area contributed by atoms with Gasteiger partial charge in [0.2, 0.25) is 0 Å². The Hall–Kier alpha value is -1.26. The van der Waals surface area contributed by atoms with Crippen LogP contribution in [0.25, 0.3) is 0 Å². The van der Waals surface area contributed by atoms with E-state index in [4.69, 9.17) is 5.73 Å². The van der Waals surface area contributed by atoms with Gasteiger partial charge in [-0.2, -0.15) is 0 Å². The van der Waals surface area contributed by atoms with Crippen LogP contribution in [0.1, 0.15) is 16.9 Å². The summed E-state index contributed by atoms with van der Waals surface area (Å²) >= 11 is 1.67. The van der Waals surface area contributed by atoms with Crippen molar-refractivity contribution in [2.24, 2.45) is 5.73 Å². The number of nitrogens with two attached hydrogens (primary N) is 1. The lowest BCUT2D eigenvalue weighted by atomic mass is 10.0. The number of rotatable bonds is 5. The fraction of sp³-hybridized carbons (Fsp3) is 0.333. The lowest BCUT2D eigenvalue weighted by Gasteiger charge is -2.09. The molecule has 0 saturated carbocycles. The molecule has 84 valence electrons. The molecule has 0 aliphatic heterocycles. The van der Waals surface area contributed by atoms with Crippen LogP contribution in [0.3, 0.4) is 0 Å². The topological polar surface area (TPSA) is 51.8 Å². The van der Waals surface area contributed by atoms with Gasteiger partial charge in [0.1, 0.15) is 0 Å². The fourth-order valence-electron chi connectivity index (χ4n) is 1.60. The van der Waals surface area contributed by atoms with Gasteiger partial charge in [-0.3, -0.25) is 9.97 Å². The molecular weight excluding hydrogens is 218 g/mol. The molecule has 0 aromatic carbocycles. The molecule has 2 heterocycles. The highest BCUT2D eigenvalue weighted by Gasteiger charge is 2.05. The van der Waals surface area contributed by atoms with E-state index in [1.807, 2.05) is 36.2 Å². The number of hydrogen-bond acceptors (Lipinski definition) is 4. The van der Waals surface area contributed by atoms with Gasteiger partial charge >= 0.3 is 0 Å². The lowest BCUT2D eigenvalue weighted by molar-refractivity contribution is 0.614. The van der Waals surface area contributed by atoms with E-state index in [1.54, 1.807) is 11.3 Å². The first kappa shape index (κ1) is 11.2. The van der Waals surface area contributed by atoms with Crippen molar-refractivity contribution >= 4 is 11.3 Å². The molecule has 3 nitrogen and oxygen atoms in total. The SMILES string of the molecule is NC(CCc1ccncc1)Cc1cncs1. The van der Waals surface area contributed by atoms with Gasteiger partial charge in [-0.25, -0.2) is 0 Å². The highest BCUT2D eigenvalue weighted by molar-refractivity contribution is 7.09. The van der Waals surface area contributed by atoms with E-state index in [0.717, 1.165) is 19.3 Å². The Morgan fingerprint density at radius 3 is 2.75 bits per heavy atom. The van der Waals surface area contributed by atoms with Crippen molar-refractivity contribution in [3.8, 4) is 0 Å². The summed E-state index contributed by atoms with van der Waals surface area (Å²) in [6.07, 6.45) is 8.49. The van der Waals surface area contributed by atoms with Crippen LogP contribution in [-0.2, 0) is 12.8 Å². The van der Waals surface area contributed by atoms with E-state index >= 15 is 0 Å². The molecule has 0 spiro atoms. The first-order valence-electron chi connectivity index (χ1n) is 5.36. The Kier molecular flexibility index (Phi) is 4.02. The molecule has 2 N–H and O–H groups in total. The third-order valence-electron chi connectivity index (χ3n) is 2.50. The molecular formula is C12H15N3S. The zero-order valence-electron chi connectivity index (χ0n) is 9.04. The normalized spacial score (nSPS) is 12.6. The zero-order chi connectivity index (χ0) is 11.2. The quantitative estimate of drug-likeness (QED) is 0.859. The van der Waals surface area contributed by atoms with Crippen molar-refractivity contribution in [3.05, 3.63) is 46.7 Å². The van der Waals surface area contributed by atoms with Gasteiger partial charge < -0.3 is 5.73 Å². The molecule has 2 aromatic heterocycles. The minimum Gasteiger partial charge on any atom is -0.327 e. The predicted molar refractivity (Wildman–Crippen MR) is 66.4 cm³/mol. The molecule has 0 aliphatic rings. The van der Waals surface area contributed by atoms with Gasteiger partial charge in [-0.1, -0.05) is 0 Å². The molecule has 0 aliphatic carbocycles. The molecule has 0 saturated heterocycles. The van der Waals surface area contributed by atoms with Gasteiger partial charge in [0.15, 0.2) is 0 Å². The Balaban J connectivity index is 1.78. The highest BCUT2D eigenvalue weighted by atomic mass is 32.1. The maximum Gasteiger partial charge on any atom is 0.0794 e. The molecule has 0 bridgehead atoms. The molecule has 16 heavy (non-hydrogen) atoms. The van der Waals surface area contributed by atoms with Crippen molar-refractivity contribution in [1.82, 2.24) is 9.97 Å². The largest absolute Gasteiger partial charge is 0.327 e. The van der Waals surface area contributed by atoms with Crippen LogP contribution in [0.4, 0.5) is 0 Å². The van der Waals surface area contributed by atoms with Gasteiger partial charge in [0.05, 0.1) is 5.51 Å². The van der Waals surface area contributed by atoms with Crippen LogP contribution in [0.15, 0.2) is 36.2 Å². The average molecular weight is 233 g/mol. The van der Waals surface area contributed by atoms with E-state index in [9.17, 15) is 0 Å². The summed E-state index contributed by atoms with van der Waals surface area (Å²) in [6, 6.07) is 4.30. The monoisotopic (exact) mass is 233 g/mol. The van der Waals surface area contributed by atoms with E-state index in [2.05, 4.69) is 9.97 Å². The van der Waals surface area contributed by atoms with Crippen molar-refractivity contribution in [2.45, 2.75) is 25.3 Å². The van der Waals surface area contributed by atoms with E-state index in [-0.39, 0.29) is 6.04 Å².